The minimum atomic E-state index is 1.05. The highest BCUT2D eigenvalue weighted by atomic mass is 14.7. The second-order valence-corrected chi connectivity index (χ2v) is 12.0. The maximum atomic E-state index is 4.70. The zero-order valence-corrected chi connectivity index (χ0v) is 24.7. The molecule has 1 heteroatoms. The zero-order chi connectivity index (χ0) is 29.4. The third kappa shape index (κ3) is 3.56. The first kappa shape index (κ1) is 25.0. The highest BCUT2D eigenvalue weighted by Gasteiger charge is 2.31. The van der Waals surface area contributed by atoms with Gasteiger partial charge < -0.3 is 0 Å². The Morgan fingerprint density at radius 1 is 0.386 bits per heavy atom. The van der Waals surface area contributed by atoms with Gasteiger partial charge in [-0.15, -0.1) is 0 Å². The third-order valence-corrected chi connectivity index (χ3v) is 9.38. The third-order valence-electron chi connectivity index (χ3n) is 9.38. The van der Waals surface area contributed by atoms with Crippen molar-refractivity contribution in [2.24, 2.45) is 0 Å². The Morgan fingerprint density at radius 3 is 1.61 bits per heavy atom. The van der Waals surface area contributed by atoms with Crippen molar-refractivity contribution in [3.05, 3.63) is 151 Å². The van der Waals surface area contributed by atoms with Gasteiger partial charge in [0.05, 0.1) is 0 Å². The molecule has 7 aromatic carbocycles. The van der Waals surface area contributed by atoms with Crippen molar-refractivity contribution in [3.8, 4) is 55.6 Å². The molecular formula is C43H29N. The summed E-state index contributed by atoms with van der Waals surface area (Å²) in [5, 5.41) is 7.66. The summed E-state index contributed by atoms with van der Waals surface area (Å²) in [7, 11) is 0. The van der Waals surface area contributed by atoms with Crippen molar-refractivity contribution in [2.45, 2.75) is 13.8 Å². The van der Waals surface area contributed by atoms with Crippen molar-refractivity contribution in [2.75, 3.05) is 0 Å². The van der Waals surface area contributed by atoms with Crippen molar-refractivity contribution in [1.29, 1.82) is 0 Å². The highest BCUT2D eigenvalue weighted by Crippen LogP contribution is 2.58. The van der Waals surface area contributed by atoms with Gasteiger partial charge in [0.2, 0.25) is 0 Å². The molecule has 0 fully saturated rings. The van der Waals surface area contributed by atoms with E-state index in [2.05, 4.69) is 153 Å². The van der Waals surface area contributed by atoms with E-state index in [9.17, 15) is 0 Å². The van der Waals surface area contributed by atoms with Gasteiger partial charge in [-0.3, -0.25) is 4.98 Å². The molecular weight excluding hydrogens is 530 g/mol. The number of benzene rings is 7. The zero-order valence-electron chi connectivity index (χ0n) is 24.7. The fraction of sp³-hybridized carbons (Fsp3) is 0.0465. The molecule has 0 aliphatic heterocycles. The Bertz CT molecular complexity index is 2340. The molecule has 1 aliphatic rings. The van der Waals surface area contributed by atoms with Crippen LogP contribution in [0.3, 0.4) is 0 Å². The number of rotatable bonds is 3. The van der Waals surface area contributed by atoms with Gasteiger partial charge in [0.25, 0.3) is 0 Å². The van der Waals surface area contributed by atoms with E-state index in [-0.39, 0.29) is 0 Å². The molecule has 44 heavy (non-hydrogen) atoms. The number of nitrogens with zero attached hydrogens (tertiary/aromatic N) is 1. The van der Waals surface area contributed by atoms with Gasteiger partial charge in [-0.25, -0.2) is 0 Å². The molecule has 1 aromatic heterocycles. The summed E-state index contributed by atoms with van der Waals surface area (Å²) in [5.74, 6) is 0. The molecule has 0 spiro atoms. The smallest absolute Gasteiger partial charge is 0.0454 e. The first-order valence-electron chi connectivity index (χ1n) is 15.3. The summed E-state index contributed by atoms with van der Waals surface area (Å²) >= 11 is 0. The molecule has 0 amide bonds. The van der Waals surface area contributed by atoms with Crippen LogP contribution in [0.2, 0.25) is 0 Å². The number of fused-ring (bicyclic) bond motifs is 5. The van der Waals surface area contributed by atoms with Crippen LogP contribution in [0.1, 0.15) is 11.4 Å². The summed E-state index contributed by atoms with van der Waals surface area (Å²) in [6.07, 6.45) is 0. The summed E-state index contributed by atoms with van der Waals surface area (Å²) in [6.45, 7) is 4.18. The van der Waals surface area contributed by atoms with Crippen molar-refractivity contribution >= 4 is 32.3 Å². The lowest BCUT2D eigenvalue weighted by atomic mass is 9.82. The van der Waals surface area contributed by atoms with Crippen molar-refractivity contribution in [3.63, 3.8) is 0 Å². The Morgan fingerprint density at radius 2 is 0.955 bits per heavy atom. The van der Waals surface area contributed by atoms with Crippen LogP contribution in [0, 0.1) is 13.8 Å². The molecule has 0 radical (unpaired) electrons. The molecule has 0 bridgehead atoms. The number of aryl methyl sites for hydroxylation is 2. The molecule has 8 aromatic rings. The van der Waals surface area contributed by atoms with Gasteiger partial charge >= 0.3 is 0 Å². The lowest BCUT2D eigenvalue weighted by Gasteiger charge is -2.20. The maximum Gasteiger partial charge on any atom is 0.0454 e. The number of aromatic nitrogens is 1. The SMILES string of the molecule is Cc1cc2cc(-c3ccc4c5c(cccc35)-c3c-4c(-c4ccccc4)c4ccccc4c3-c3ccccc3)ccc2c(C)n1. The number of hydrogen-bond donors (Lipinski definition) is 0. The molecule has 0 unspecified atom stereocenters. The Kier molecular flexibility index (Phi) is 5.39. The number of hydrogen-bond acceptors (Lipinski definition) is 1. The Hall–Kier alpha value is -5.53. The average molecular weight is 560 g/mol. The van der Waals surface area contributed by atoms with Crippen LogP contribution >= 0.6 is 0 Å². The number of pyridine rings is 1. The van der Waals surface area contributed by atoms with Crippen LogP contribution in [0.4, 0.5) is 0 Å². The van der Waals surface area contributed by atoms with E-state index < -0.39 is 0 Å². The van der Waals surface area contributed by atoms with E-state index in [1.807, 2.05) is 0 Å². The molecule has 1 aliphatic carbocycles. The first-order valence-corrected chi connectivity index (χ1v) is 15.3. The predicted octanol–water partition coefficient (Wildman–Crippen LogP) is 11.8. The van der Waals surface area contributed by atoms with Gasteiger partial charge in [-0.2, -0.15) is 0 Å². The van der Waals surface area contributed by atoms with Crippen molar-refractivity contribution in [1.82, 2.24) is 4.98 Å². The fourth-order valence-electron chi connectivity index (χ4n) is 7.62. The Labute approximate surface area is 257 Å². The monoisotopic (exact) mass is 559 g/mol. The van der Waals surface area contributed by atoms with Gasteiger partial charge in [-0.05, 0) is 109 Å². The fourth-order valence-corrected chi connectivity index (χ4v) is 7.62. The van der Waals surface area contributed by atoms with Crippen LogP contribution in [0.25, 0.3) is 88.0 Å². The molecule has 1 nitrogen and oxygen atoms in total. The summed E-state index contributed by atoms with van der Waals surface area (Å²) in [6, 6.07) is 51.4. The lowest BCUT2D eigenvalue weighted by molar-refractivity contribution is 1.15. The van der Waals surface area contributed by atoms with E-state index in [4.69, 9.17) is 4.98 Å². The molecule has 0 saturated heterocycles. The second-order valence-electron chi connectivity index (χ2n) is 12.0. The molecule has 9 rings (SSSR count). The maximum absolute atomic E-state index is 4.70. The van der Waals surface area contributed by atoms with Crippen LogP contribution in [-0.4, -0.2) is 4.98 Å². The lowest BCUT2D eigenvalue weighted by Crippen LogP contribution is -1.93. The minimum absolute atomic E-state index is 1.05. The minimum Gasteiger partial charge on any atom is -0.258 e. The normalized spacial score (nSPS) is 11.9. The molecule has 206 valence electrons. The summed E-state index contributed by atoms with van der Waals surface area (Å²) in [5.41, 5.74) is 15.0. The van der Waals surface area contributed by atoms with E-state index in [1.54, 1.807) is 0 Å². The van der Waals surface area contributed by atoms with E-state index in [1.165, 1.54) is 88.0 Å². The van der Waals surface area contributed by atoms with Crippen LogP contribution in [-0.2, 0) is 0 Å². The topological polar surface area (TPSA) is 12.9 Å². The molecule has 0 atom stereocenters. The standard InChI is InChI=1S/C43H29N/c1-26-24-31-25-30(20-21-32(31)27(2)44-26)33-22-23-38-41-34(33)18-11-19-37(41)42-39(28-12-5-3-6-13-28)35-16-9-10-17-36(35)40(43(38)42)29-14-7-4-8-15-29/h3-25H,1-2H3. The Balaban J connectivity index is 1.41. The van der Waals surface area contributed by atoms with E-state index >= 15 is 0 Å². The molecule has 0 N–H and O–H groups in total. The van der Waals surface area contributed by atoms with Crippen LogP contribution < -0.4 is 0 Å². The summed E-state index contributed by atoms with van der Waals surface area (Å²) < 4.78 is 0. The molecule has 0 saturated carbocycles. The quantitative estimate of drug-likeness (QED) is 0.210. The van der Waals surface area contributed by atoms with Gasteiger partial charge in [0, 0.05) is 16.8 Å². The second kappa shape index (κ2) is 9.49. The highest BCUT2D eigenvalue weighted by molar-refractivity contribution is 6.28. The van der Waals surface area contributed by atoms with Gasteiger partial charge in [0.15, 0.2) is 0 Å². The summed E-state index contributed by atoms with van der Waals surface area (Å²) in [4.78, 5) is 4.70. The van der Waals surface area contributed by atoms with Gasteiger partial charge in [0.1, 0.15) is 0 Å². The first-order chi connectivity index (χ1) is 21.7. The average Bonchev–Trinajstić information content (AvgIpc) is 3.39. The van der Waals surface area contributed by atoms with Crippen molar-refractivity contribution < 1.29 is 0 Å². The van der Waals surface area contributed by atoms with Crippen LogP contribution in [0.5, 0.6) is 0 Å². The predicted molar refractivity (Wildman–Crippen MR) is 187 cm³/mol. The van der Waals surface area contributed by atoms with E-state index in [0.717, 1.165) is 11.4 Å². The van der Waals surface area contributed by atoms with E-state index in [0.29, 0.717) is 0 Å². The largest absolute Gasteiger partial charge is 0.258 e. The van der Waals surface area contributed by atoms with Crippen LogP contribution in [0.15, 0.2) is 140 Å². The molecule has 1 heterocycles. The van der Waals surface area contributed by atoms with Gasteiger partial charge in [-0.1, -0.05) is 127 Å².